The molecule has 2 heterocycles. The Morgan fingerprint density at radius 2 is 1.27 bits per heavy atom. The first kappa shape index (κ1) is 18.0. The lowest BCUT2D eigenvalue weighted by Gasteiger charge is -2.53. The van der Waals surface area contributed by atoms with E-state index >= 15 is 0 Å². The number of Topliss-reactive ketones (excluding diaryl/α,β-unsaturated/α-hetero) is 1. The Morgan fingerprint density at radius 1 is 0.767 bits per heavy atom. The van der Waals surface area contributed by atoms with Crippen LogP contribution in [0.4, 0.5) is 0 Å². The molecule has 2 aromatic rings. The summed E-state index contributed by atoms with van der Waals surface area (Å²) in [4.78, 5) is 13.7. The molecule has 3 heteroatoms. The third kappa shape index (κ3) is 2.35. The highest BCUT2D eigenvalue weighted by Gasteiger charge is 2.59. The van der Waals surface area contributed by atoms with E-state index in [-0.39, 0.29) is 23.4 Å². The molecule has 0 N–H and O–H groups in total. The van der Waals surface area contributed by atoms with E-state index in [0.29, 0.717) is 0 Å². The van der Waals surface area contributed by atoms with Gasteiger partial charge in [0.2, 0.25) is 0 Å². The van der Waals surface area contributed by atoms with Crippen molar-refractivity contribution in [3.63, 3.8) is 0 Å². The second kappa shape index (κ2) is 6.34. The van der Waals surface area contributed by atoms with Crippen LogP contribution in [0.3, 0.4) is 0 Å². The van der Waals surface area contributed by atoms with E-state index in [9.17, 15) is 4.79 Å². The van der Waals surface area contributed by atoms with Gasteiger partial charge in [0, 0.05) is 22.3 Å². The van der Waals surface area contributed by atoms with Crippen molar-refractivity contribution in [1.29, 1.82) is 0 Å². The topological polar surface area (TPSA) is 35.5 Å². The summed E-state index contributed by atoms with van der Waals surface area (Å²) in [6.45, 7) is 4.16. The number of fused-ring (bicyclic) bond motifs is 6. The van der Waals surface area contributed by atoms with E-state index < -0.39 is 0 Å². The molecule has 30 heavy (non-hydrogen) atoms. The van der Waals surface area contributed by atoms with Gasteiger partial charge in [0.1, 0.15) is 23.7 Å². The number of carbonyl (C=O) groups is 1. The molecule has 0 radical (unpaired) electrons. The number of hydrogen-bond donors (Lipinski definition) is 0. The van der Waals surface area contributed by atoms with Crippen LogP contribution in [-0.4, -0.2) is 18.0 Å². The Morgan fingerprint density at radius 3 is 1.77 bits per heavy atom. The van der Waals surface area contributed by atoms with Crippen molar-refractivity contribution >= 4 is 17.9 Å². The highest BCUT2D eigenvalue weighted by Crippen LogP contribution is 2.56. The van der Waals surface area contributed by atoms with E-state index in [1.165, 1.54) is 6.42 Å². The summed E-state index contributed by atoms with van der Waals surface area (Å²) in [5, 5.41) is 0. The molecule has 0 unspecified atom stereocenters. The molecule has 3 nitrogen and oxygen atoms in total. The van der Waals surface area contributed by atoms with Crippen molar-refractivity contribution in [3.05, 3.63) is 69.8 Å². The smallest absolute Gasteiger partial charge is 0.192 e. The summed E-state index contributed by atoms with van der Waals surface area (Å²) in [6.07, 6.45) is 9.25. The molecule has 2 aliphatic heterocycles. The number of ether oxygens (including phenoxy) is 2. The van der Waals surface area contributed by atoms with Gasteiger partial charge >= 0.3 is 0 Å². The number of rotatable bonds is 0. The summed E-state index contributed by atoms with van der Waals surface area (Å²) in [6, 6.07) is 12.3. The van der Waals surface area contributed by atoms with Crippen LogP contribution in [0.1, 0.15) is 54.4 Å². The molecule has 1 spiro atoms. The Bertz CT molecular complexity index is 1050. The highest BCUT2D eigenvalue weighted by atomic mass is 16.5. The van der Waals surface area contributed by atoms with Gasteiger partial charge in [-0.1, -0.05) is 55.7 Å². The van der Waals surface area contributed by atoms with Crippen LogP contribution < -0.4 is 9.47 Å². The van der Waals surface area contributed by atoms with Crippen LogP contribution >= 0.6 is 0 Å². The summed E-state index contributed by atoms with van der Waals surface area (Å²) in [5.74, 6) is 1.92. The molecule has 2 fully saturated rings. The molecular formula is C27H26O3. The predicted octanol–water partition coefficient (Wildman–Crippen LogP) is 5.83. The molecule has 4 aliphatic rings. The predicted molar refractivity (Wildman–Crippen MR) is 118 cm³/mol. The van der Waals surface area contributed by atoms with Crippen LogP contribution in [0.2, 0.25) is 0 Å². The standard InChI is InChI=1S/C27H26O3/c1-16-8-6-10-18-14-20-22(28)21-15-19-11-7-9-17(2)24(19)30-26(21)27(12-4-3-5-13-27)25(20)29-23(16)18/h6-11,14-15,25-26H,3-5,12-13H2,1-2H3/t25-,26+. The number of hydrogen-bond acceptors (Lipinski definition) is 3. The maximum atomic E-state index is 13.7. The molecule has 0 amide bonds. The number of aryl methyl sites for hydroxylation is 2. The van der Waals surface area contributed by atoms with E-state index in [4.69, 9.17) is 9.47 Å². The maximum absolute atomic E-state index is 13.7. The summed E-state index contributed by atoms with van der Waals surface area (Å²) >= 11 is 0. The van der Waals surface area contributed by atoms with Gasteiger partial charge in [-0.15, -0.1) is 0 Å². The minimum Gasteiger partial charge on any atom is -0.484 e. The van der Waals surface area contributed by atoms with Gasteiger partial charge in [-0.3, -0.25) is 4.79 Å². The van der Waals surface area contributed by atoms with Crippen LogP contribution in [0.15, 0.2) is 47.5 Å². The molecule has 0 aromatic heterocycles. The summed E-state index contributed by atoms with van der Waals surface area (Å²) in [7, 11) is 0. The first-order valence-corrected chi connectivity index (χ1v) is 11.1. The zero-order chi connectivity index (χ0) is 20.5. The van der Waals surface area contributed by atoms with Crippen molar-refractivity contribution in [2.24, 2.45) is 5.41 Å². The summed E-state index contributed by atoms with van der Waals surface area (Å²) < 4.78 is 13.4. The largest absolute Gasteiger partial charge is 0.484 e. The molecule has 0 bridgehead atoms. The molecule has 6 rings (SSSR count). The van der Waals surface area contributed by atoms with Crippen molar-refractivity contribution in [2.45, 2.75) is 58.2 Å². The quantitative estimate of drug-likeness (QED) is 0.560. The molecule has 2 saturated carbocycles. The number of carbonyl (C=O) groups excluding carboxylic acids is 1. The lowest BCUT2D eigenvalue weighted by atomic mass is 9.57. The van der Waals surface area contributed by atoms with E-state index in [1.54, 1.807) is 0 Å². The fourth-order valence-corrected chi connectivity index (χ4v) is 6.01. The average molecular weight is 399 g/mol. The first-order chi connectivity index (χ1) is 14.6. The van der Waals surface area contributed by atoms with E-state index in [1.807, 2.05) is 24.3 Å². The van der Waals surface area contributed by atoms with Crippen LogP contribution in [0, 0.1) is 19.3 Å². The molecule has 2 atom stereocenters. The third-order valence-corrected chi connectivity index (χ3v) is 7.50. The Balaban J connectivity index is 1.58. The fraction of sp³-hybridized carbons (Fsp3) is 0.370. The van der Waals surface area contributed by atoms with Crippen molar-refractivity contribution in [3.8, 4) is 11.5 Å². The zero-order valence-corrected chi connectivity index (χ0v) is 17.5. The fourth-order valence-electron chi connectivity index (χ4n) is 6.01. The van der Waals surface area contributed by atoms with Crippen LogP contribution in [-0.2, 0) is 4.79 Å². The maximum Gasteiger partial charge on any atom is 0.192 e. The molecule has 2 aromatic carbocycles. The van der Waals surface area contributed by atoms with Gasteiger partial charge in [0.15, 0.2) is 5.78 Å². The van der Waals surface area contributed by atoms with Crippen molar-refractivity contribution in [1.82, 2.24) is 0 Å². The Kier molecular flexibility index (Phi) is 3.80. The summed E-state index contributed by atoms with van der Waals surface area (Å²) in [5.41, 5.74) is 5.65. The lowest BCUT2D eigenvalue weighted by Crippen LogP contribution is -2.59. The second-order valence-electron chi connectivity index (χ2n) is 9.30. The number of benzene rings is 2. The SMILES string of the molecule is Cc1cccc2c1O[C@@H]1C(=C2)C(=O)C2=Cc3cccc(C)c3O[C@@H]2C12CCCCC2. The van der Waals surface area contributed by atoms with E-state index in [0.717, 1.165) is 70.6 Å². The third-order valence-electron chi connectivity index (χ3n) is 7.50. The van der Waals surface area contributed by atoms with Gasteiger partial charge in [-0.2, -0.15) is 0 Å². The van der Waals surface area contributed by atoms with Gasteiger partial charge in [0.25, 0.3) is 0 Å². The van der Waals surface area contributed by atoms with Crippen LogP contribution in [0.5, 0.6) is 11.5 Å². The Hall–Kier alpha value is -2.81. The lowest BCUT2D eigenvalue weighted by molar-refractivity contribution is -0.123. The van der Waals surface area contributed by atoms with Crippen molar-refractivity contribution in [2.75, 3.05) is 0 Å². The second-order valence-corrected chi connectivity index (χ2v) is 9.30. The number of ketones is 1. The zero-order valence-electron chi connectivity index (χ0n) is 17.5. The monoisotopic (exact) mass is 398 g/mol. The minimum atomic E-state index is -0.244. The van der Waals surface area contributed by atoms with Gasteiger partial charge in [-0.05, 0) is 50.0 Å². The Labute approximate surface area is 177 Å². The number of para-hydroxylation sites is 2. The highest BCUT2D eigenvalue weighted by molar-refractivity contribution is 6.17. The molecule has 0 saturated heterocycles. The molecule has 2 aliphatic carbocycles. The first-order valence-electron chi connectivity index (χ1n) is 11.1. The van der Waals surface area contributed by atoms with Crippen molar-refractivity contribution < 1.29 is 14.3 Å². The molecule has 152 valence electrons. The van der Waals surface area contributed by atoms with Gasteiger partial charge < -0.3 is 9.47 Å². The molecular weight excluding hydrogens is 372 g/mol. The van der Waals surface area contributed by atoms with Crippen LogP contribution in [0.25, 0.3) is 12.2 Å². The average Bonchev–Trinajstić information content (AvgIpc) is 2.77. The van der Waals surface area contributed by atoms with Gasteiger partial charge in [0.05, 0.1) is 5.41 Å². The normalized spacial score (nSPS) is 25.6. The van der Waals surface area contributed by atoms with Gasteiger partial charge in [-0.25, -0.2) is 0 Å². The van der Waals surface area contributed by atoms with E-state index in [2.05, 4.69) is 38.1 Å². The minimum absolute atomic E-state index is 0.0838.